The van der Waals surface area contributed by atoms with Crippen LogP contribution in [0.25, 0.3) is 0 Å². The molecular weight excluding hydrogens is 236 g/mol. The zero-order valence-corrected chi connectivity index (χ0v) is 12.4. The molecule has 2 aliphatic carbocycles. The van der Waals surface area contributed by atoms with Gasteiger partial charge in [0.15, 0.2) is 0 Å². The van der Waals surface area contributed by atoms with E-state index >= 15 is 0 Å². The predicted octanol–water partition coefficient (Wildman–Crippen LogP) is 2.84. The van der Waals surface area contributed by atoms with Gasteiger partial charge < -0.3 is 11.1 Å². The molecule has 2 saturated carbocycles. The van der Waals surface area contributed by atoms with Gasteiger partial charge in [-0.25, -0.2) is 0 Å². The van der Waals surface area contributed by atoms with Crippen LogP contribution in [-0.2, 0) is 4.79 Å². The molecule has 3 heteroatoms. The van der Waals surface area contributed by atoms with Crippen molar-refractivity contribution in [1.29, 1.82) is 0 Å². The summed E-state index contributed by atoms with van der Waals surface area (Å²) in [7, 11) is 0. The largest absolute Gasteiger partial charge is 0.356 e. The molecule has 0 spiro atoms. The Kier molecular flexibility index (Phi) is 5.68. The third-order valence-electron chi connectivity index (χ3n) is 5.13. The lowest BCUT2D eigenvalue weighted by Crippen LogP contribution is -2.37. The van der Waals surface area contributed by atoms with Gasteiger partial charge in [0.25, 0.3) is 0 Å². The van der Waals surface area contributed by atoms with Crippen LogP contribution in [0.4, 0.5) is 0 Å². The molecular formula is C16H30N2O. The van der Waals surface area contributed by atoms with Crippen LogP contribution >= 0.6 is 0 Å². The molecule has 0 bridgehead atoms. The predicted molar refractivity (Wildman–Crippen MR) is 78.7 cm³/mol. The Morgan fingerprint density at radius 2 is 1.68 bits per heavy atom. The van der Waals surface area contributed by atoms with Crippen molar-refractivity contribution in [1.82, 2.24) is 5.32 Å². The third kappa shape index (κ3) is 4.79. The molecule has 0 aromatic carbocycles. The number of carbonyl (C=O) groups excluding carboxylic acids is 1. The van der Waals surface area contributed by atoms with Crippen LogP contribution in [-0.4, -0.2) is 18.5 Å². The molecule has 0 heterocycles. The number of nitrogens with two attached hydrogens (primary N) is 1. The average molecular weight is 266 g/mol. The first kappa shape index (κ1) is 14.8. The zero-order chi connectivity index (χ0) is 13.7. The SMILES string of the molecule is CC1CCC(CCNC(=O)C2CCC(N)CC2)CC1. The van der Waals surface area contributed by atoms with E-state index in [4.69, 9.17) is 5.73 Å². The molecule has 2 fully saturated rings. The molecule has 0 aromatic heterocycles. The summed E-state index contributed by atoms with van der Waals surface area (Å²) < 4.78 is 0. The summed E-state index contributed by atoms with van der Waals surface area (Å²) in [6, 6.07) is 0.327. The highest BCUT2D eigenvalue weighted by Gasteiger charge is 2.24. The maximum Gasteiger partial charge on any atom is 0.223 e. The van der Waals surface area contributed by atoms with Crippen LogP contribution < -0.4 is 11.1 Å². The van der Waals surface area contributed by atoms with Gasteiger partial charge in [0.1, 0.15) is 0 Å². The fraction of sp³-hybridized carbons (Fsp3) is 0.938. The van der Waals surface area contributed by atoms with Crippen molar-refractivity contribution in [3.63, 3.8) is 0 Å². The lowest BCUT2D eigenvalue weighted by molar-refractivity contribution is -0.126. The van der Waals surface area contributed by atoms with Crippen LogP contribution in [0.15, 0.2) is 0 Å². The van der Waals surface area contributed by atoms with Crippen LogP contribution in [0, 0.1) is 17.8 Å². The van der Waals surface area contributed by atoms with Crippen LogP contribution in [0.3, 0.4) is 0 Å². The van der Waals surface area contributed by atoms with E-state index in [1.165, 1.54) is 32.1 Å². The fourth-order valence-corrected chi connectivity index (χ4v) is 3.54. The fourth-order valence-electron chi connectivity index (χ4n) is 3.54. The molecule has 110 valence electrons. The minimum Gasteiger partial charge on any atom is -0.356 e. The quantitative estimate of drug-likeness (QED) is 0.822. The molecule has 0 atom stereocenters. The van der Waals surface area contributed by atoms with Gasteiger partial charge in [0.05, 0.1) is 0 Å². The van der Waals surface area contributed by atoms with Gasteiger partial charge in [-0.05, 0) is 43.9 Å². The Morgan fingerprint density at radius 3 is 2.32 bits per heavy atom. The molecule has 0 saturated heterocycles. The second kappa shape index (κ2) is 7.28. The Hall–Kier alpha value is -0.570. The van der Waals surface area contributed by atoms with Crippen molar-refractivity contribution in [3.05, 3.63) is 0 Å². The second-order valence-electron chi connectivity index (χ2n) is 6.82. The smallest absolute Gasteiger partial charge is 0.223 e. The van der Waals surface area contributed by atoms with Gasteiger partial charge >= 0.3 is 0 Å². The molecule has 0 radical (unpaired) electrons. The monoisotopic (exact) mass is 266 g/mol. The highest BCUT2D eigenvalue weighted by Crippen LogP contribution is 2.30. The van der Waals surface area contributed by atoms with E-state index in [1.54, 1.807) is 0 Å². The Labute approximate surface area is 117 Å². The molecule has 3 nitrogen and oxygen atoms in total. The van der Waals surface area contributed by atoms with Crippen LogP contribution in [0.1, 0.15) is 64.7 Å². The first-order valence-electron chi connectivity index (χ1n) is 8.18. The van der Waals surface area contributed by atoms with Crippen LogP contribution in [0.2, 0.25) is 0 Å². The van der Waals surface area contributed by atoms with Gasteiger partial charge in [-0.15, -0.1) is 0 Å². The Bertz CT molecular complexity index is 276. The van der Waals surface area contributed by atoms with E-state index in [-0.39, 0.29) is 11.8 Å². The van der Waals surface area contributed by atoms with Crippen molar-refractivity contribution in [2.75, 3.05) is 6.54 Å². The maximum atomic E-state index is 12.0. The zero-order valence-electron chi connectivity index (χ0n) is 12.4. The van der Waals surface area contributed by atoms with E-state index in [1.807, 2.05) is 0 Å². The standard InChI is InChI=1S/C16H30N2O/c1-12-2-4-13(5-3-12)10-11-18-16(19)14-6-8-15(17)9-7-14/h12-15H,2-11,17H2,1H3,(H,18,19). The number of amides is 1. The molecule has 2 aliphatic rings. The highest BCUT2D eigenvalue weighted by molar-refractivity contribution is 5.78. The van der Waals surface area contributed by atoms with Crippen molar-refractivity contribution < 1.29 is 4.79 Å². The molecule has 0 unspecified atom stereocenters. The first-order valence-corrected chi connectivity index (χ1v) is 8.18. The van der Waals surface area contributed by atoms with Crippen molar-refractivity contribution in [3.8, 4) is 0 Å². The number of nitrogens with one attached hydrogen (secondary N) is 1. The molecule has 3 N–H and O–H groups in total. The average Bonchev–Trinajstić information content (AvgIpc) is 2.41. The van der Waals surface area contributed by atoms with E-state index < -0.39 is 0 Å². The van der Waals surface area contributed by atoms with Gasteiger partial charge in [0, 0.05) is 18.5 Å². The van der Waals surface area contributed by atoms with E-state index in [0.29, 0.717) is 6.04 Å². The number of carbonyl (C=O) groups is 1. The lowest BCUT2D eigenvalue weighted by Gasteiger charge is -2.27. The summed E-state index contributed by atoms with van der Waals surface area (Å²) in [6.07, 6.45) is 10.6. The first-order chi connectivity index (χ1) is 9.15. The minimum absolute atomic E-state index is 0.228. The molecule has 19 heavy (non-hydrogen) atoms. The highest BCUT2D eigenvalue weighted by atomic mass is 16.1. The topological polar surface area (TPSA) is 55.1 Å². The van der Waals surface area contributed by atoms with E-state index in [2.05, 4.69) is 12.2 Å². The summed E-state index contributed by atoms with van der Waals surface area (Å²) in [6.45, 7) is 3.23. The van der Waals surface area contributed by atoms with Crippen molar-refractivity contribution in [2.45, 2.75) is 70.8 Å². The normalized spacial score (nSPS) is 35.9. The summed E-state index contributed by atoms with van der Waals surface area (Å²) in [4.78, 5) is 12.0. The van der Waals surface area contributed by atoms with Crippen molar-refractivity contribution >= 4 is 5.91 Å². The minimum atomic E-state index is 0.228. The van der Waals surface area contributed by atoms with Crippen molar-refractivity contribution in [2.24, 2.45) is 23.5 Å². The number of hydrogen-bond donors (Lipinski definition) is 2. The van der Waals surface area contributed by atoms with Gasteiger partial charge in [-0.2, -0.15) is 0 Å². The van der Waals surface area contributed by atoms with Gasteiger partial charge in [-0.3, -0.25) is 4.79 Å². The summed E-state index contributed by atoms with van der Waals surface area (Å²) in [5.74, 6) is 2.26. The van der Waals surface area contributed by atoms with E-state index in [0.717, 1.165) is 44.1 Å². The summed E-state index contributed by atoms with van der Waals surface area (Å²) in [5, 5.41) is 3.15. The summed E-state index contributed by atoms with van der Waals surface area (Å²) >= 11 is 0. The molecule has 2 rings (SSSR count). The molecule has 0 aliphatic heterocycles. The Balaban J connectivity index is 1.59. The molecule has 1 amide bonds. The third-order valence-corrected chi connectivity index (χ3v) is 5.13. The number of hydrogen-bond acceptors (Lipinski definition) is 2. The summed E-state index contributed by atoms with van der Waals surface area (Å²) in [5.41, 5.74) is 5.87. The second-order valence-corrected chi connectivity index (χ2v) is 6.82. The van der Waals surface area contributed by atoms with Gasteiger partial charge in [-0.1, -0.05) is 32.6 Å². The van der Waals surface area contributed by atoms with Crippen LogP contribution in [0.5, 0.6) is 0 Å². The van der Waals surface area contributed by atoms with Gasteiger partial charge in [0.2, 0.25) is 5.91 Å². The maximum absolute atomic E-state index is 12.0. The Morgan fingerprint density at radius 1 is 1.05 bits per heavy atom. The lowest BCUT2D eigenvalue weighted by atomic mass is 9.81. The number of rotatable bonds is 4. The molecule has 0 aromatic rings. The van der Waals surface area contributed by atoms with E-state index in [9.17, 15) is 4.79 Å².